The smallest absolute Gasteiger partial charge is 0.0465 e. The van der Waals surface area contributed by atoms with Crippen LogP contribution in [-0.2, 0) is 10.8 Å². The Morgan fingerprint density at radius 3 is 0.917 bits per heavy atom. The van der Waals surface area contributed by atoms with Crippen LogP contribution in [-0.4, -0.2) is 0 Å². The van der Waals surface area contributed by atoms with Crippen molar-refractivity contribution in [2.75, 3.05) is 9.80 Å². The molecule has 2 aliphatic carbocycles. The van der Waals surface area contributed by atoms with Gasteiger partial charge in [-0.3, -0.25) is 0 Å². The Morgan fingerprint density at radius 1 is 0.262 bits per heavy atom. The van der Waals surface area contributed by atoms with Gasteiger partial charge in [-0.2, -0.15) is 0 Å². The normalized spacial score (nSPS) is 13.8. The summed E-state index contributed by atoms with van der Waals surface area (Å²) in [5.74, 6) is 0. The zero-order valence-corrected chi connectivity index (χ0v) is 49.1. The summed E-state index contributed by atoms with van der Waals surface area (Å²) in [5, 5.41) is 10.4. The minimum Gasteiger partial charge on any atom is -0.310 e. The highest BCUT2D eigenvalue weighted by atomic mass is 15.1. The van der Waals surface area contributed by atoms with Gasteiger partial charge in [0.05, 0.1) is 0 Å². The Morgan fingerprint density at radius 2 is 0.560 bits per heavy atom. The van der Waals surface area contributed by atoms with Crippen molar-refractivity contribution in [2.24, 2.45) is 0 Å². The van der Waals surface area contributed by atoms with Crippen LogP contribution in [0, 0.1) is 27.7 Å². The molecule has 0 bridgehead atoms. The first-order valence-corrected chi connectivity index (χ1v) is 29.7. The maximum atomic E-state index is 2.43. The third-order valence-corrected chi connectivity index (χ3v) is 18.6. The van der Waals surface area contributed by atoms with Crippen LogP contribution in [0.3, 0.4) is 0 Å². The van der Waals surface area contributed by atoms with Crippen molar-refractivity contribution in [1.82, 2.24) is 0 Å². The van der Waals surface area contributed by atoms with Crippen LogP contribution in [0.5, 0.6) is 0 Å². The van der Waals surface area contributed by atoms with Crippen LogP contribution in [0.1, 0.15) is 94.5 Å². The van der Waals surface area contributed by atoms with Gasteiger partial charge in [-0.15, -0.1) is 0 Å². The van der Waals surface area contributed by atoms with E-state index in [-0.39, 0.29) is 10.8 Å². The first-order valence-electron chi connectivity index (χ1n) is 29.7. The molecule has 84 heavy (non-hydrogen) atoms. The molecular weight excluding hydrogens is 1010 g/mol. The molecule has 0 aromatic heterocycles. The zero-order chi connectivity index (χ0) is 57.2. The molecule has 0 N–H and O–H groups in total. The summed E-state index contributed by atoms with van der Waals surface area (Å²) >= 11 is 0. The maximum absolute atomic E-state index is 2.43. The lowest BCUT2D eigenvalue weighted by atomic mass is 9.81. The number of hydrogen-bond donors (Lipinski definition) is 0. The molecule has 0 radical (unpaired) electrons. The third kappa shape index (κ3) is 8.29. The number of nitrogens with zero attached hydrogens (tertiary/aromatic N) is 2. The van der Waals surface area contributed by atoms with Gasteiger partial charge in [-0.1, -0.05) is 210 Å². The van der Waals surface area contributed by atoms with E-state index < -0.39 is 0 Å². The van der Waals surface area contributed by atoms with Gasteiger partial charge in [-0.25, -0.2) is 0 Å². The van der Waals surface area contributed by atoms with E-state index in [9.17, 15) is 0 Å². The molecule has 0 heterocycles. The summed E-state index contributed by atoms with van der Waals surface area (Å²) < 4.78 is 0. The van der Waals surface area contributed by atoms with E-state index in [1.54, 1.807) is 0 Å². The van der Waals surface area contributed by atoms with Gasteiger partial charge in [0.15, 0.2) is 0 Å². The summed E-state index contributed by atoms with van der Waals surface area (Å²) in [5.41, 5.74) is 27.1. The third-order valence-electron chi connectivity index (χ3n) is 18.6. The second kappa shape index (κ2) is 19.4. The molecule has 0 amide bonds. The summed E-state index contributed by atoms with van der Waals surface area (Å²) in [6.07, 6.45) is 9.28. The molecule has 0 spiro atoms. The fraction of sp³-hybridized carbons (Fsp3) is 0.122. The average Bonchev–Trinajstić information content (AvgIpc) is 1.73. The average molecular weight is 1080 g/mol. The number of benzene rings is 13. The number of aryl methyl sites for hydroxylation is 4. The van der Waals surface area contributed by atoms with E-state index >= 15 is 0 Å². The number of hydrogen-bond acceptors (Lipinski definition) is 2. The van der Waals surface area contributed by atoms with E-state index in [2.05, 4.69) is 320 Å². The molecular formula is C82H66N2. The predicted molar refractivity (Wildman–Crippen MR) is 362 cm³/mol. The van der Waals surface area contributed by atoms with Crippen molar-refractivity contribution in [3.8, 4) is 22.3 Å². The zero-order valence-electron chi connectivity index (χ0n) is 49.1. The van der Waals surface area contributed by atoms with Crippen LogP contribution >= 0.6 is 0 Å². The molecule has 0 fully saturated rings. The van der Waals surface area contributed by atoms with Crippen molar-refractivity contribution in [3.63, 3.8) is 0 Å². The Hall–Kier alpha value is -9.76. The van der Waals surface area contributed by atoms with Crippen molar-refractivity contribution >= 4 is 102 Å². The van der Waals surface area contributed by atoms with Crippen LogP contribution in [0.2, 0.25) is 0 Å². The minimum absolute atomic E-state index is 0.188. The highest BCUT2D eigenvalue weighted by molar-refractivity contribution is 6.34. The Kier molecular flexibility index (Phi) is 11.8. The predicted octanol–water partition coefficient (Wildman–Crippen LogP) is 22.9. The Bertz CT molecular complexity index is 4490. The molecule has 0 unspecified atom stereocenters. The van der Waals surface area contributed by atoms with Crippen LogP contribution in [0.25, 0.3) is 89.6 Å². The first kappa shape index (κ1) is 51.1. The lowest BCUT2D eigenvalue weighted by molar-refractivity contribution is 0.660. The Balaban J connectivity index is 0.726. The van der Waals surface area contributed by atoms with Gasteiger partial charge in [0.2, 0.25) is 0 Å². The highest BCUT2D eigenvalue weighted by Crippen LogP contribution is 2.53. The summed E-state index contributed by atoms with van der Waals surface area (Å²) in [4.78, 5) is 4.81. The minimum atomic E-state index is -0.188. The van der Waals surface area contributed by atoms with Gasteiger partial charge < -0.3 is 9.80 Å². The number of fused-ring (bicyclic) bond motifs is 8. The largest absolute Gasteiger partial charge is 0.310 e. The second-order valence-corrected chi connectivity index (χ2v) is 24.9. The van der Waals surface area contributed by atoms with Crippen LogP contribution < -0.4 is 9.80 Å². The molecule has 0 saturated heterocycles. The molecule has 0 saturated carbocycles. The van der Waals surface area contributed by atoms with E-state index in [0.717, 1.165) is 22.7 Å². The van der Waals surface area contributed by atoms with Crippen LogP contribution in [0.4, 0.5) is 34.1 Å². The van der Waals surface area contributed by atoms with E-state index in [1.807, 2.05) is 0 Å². The van der Waals surface area contributed by atoms with E-state index in [0.29, 0.717) is 0 Å². The van der Waals surface area contributed by atoms with E-state index in [4.69, 9.17) is 0 Å². The molecule has 13 aromatic rings. The molecule has 13 aromatic carbocycles. The molecule has 0 aliphatic heterocycles. The van der Waals surface area contributed by atoms with Gasteiger partial charge >= 0.3 is 0 Å². The SMILES string of the molecule is Cc1cccc(N(c2cccc(C)c2)c2ccc3c(c2)C(C)(C)c2cc(C=Cc4ccc5c6cccc7c(C=Cc8ccc9c(c8)C(C)(C)c8cc(N(c%10cccc(C)c%10)c%10cccc(C)c%10)ccc8-9)ccc(c8cccc4c85)c76)ccc2-3)c1. The fourth-order valence-electron chi connectivity index (χ4n) is 14.4. The molecule has 2 nitrogen and oxygen atoms in total. The van der Waals surface area contributed by atoms with Gasteiger partial charge in [0, 0.05) is 45.0 Å². The summed E-state index contributed by atoms with van der Waals surface area (Å²) in [6, 6.07) is 86.7. The fourth-order valence-corrected chi connectivity index (χ4v) is 14.4. The summed E-state index contributed by atoms with van der Waals surface area (Å²) in [7, 11) is 0. The maximum Gasteiger partial charge on any atom is 0.0465 e. The monoisotopic (exact) mass is 1080 g/mol. The lowest BCUT2D eigenvalue weighted by Gasteiger charge is -2.28. The standard InChI is InChI=1S/C82H66N2/c1-51-15-9-19-59(43-51)83(60-20-10-16-52(2)44-60)63-35-41-69-67-37-29-55(47-75(67)81(5,6)77(69)49-63)27-31-57-33-39-73-72-26-14-24-66-58(34-40-74(80(66)72)71-25-13-23-65(57)79(71)73)32-28-56-30-38-68-70-42-36-64(50-78(70)82(7,8)76(68)48-56)84(61-21-11-17-53(3)45-61)62-22-12-18-54(4)46-62/h9-50H,1-8H3. The molecule has 404 valence electrons. The van der Waals surface area contributed by atoms with Crippen molar-refractivity contribution in [2.45, 2.75) is 66.2 Å². The van der Waals surface area contributed by atoms with Crippen molar-refractivity contribution < 1.29 is 0 Å². The van der Waals surface area contributed by atoms with Gasteiger partial charge in [0.25, 0.3) is 0 Å². The molecule has 15 rings (SSSR count). The van der Waals surface area contributed by atoms with Crippen molar-refractivity contribution in [1.29, 1.82) is 0 Å². The number of rotatable bonds is 10. The highest BCUT2D eigenvalue weighted by Gasteiger charge is 2.38. The second-order valence-electron chi connectivity index (χ2n) is 24.9. The van der Waals surface area contributed by atoms with Gasteiger partial charge in [-0.05, 0) is 233 Å². The van der Waals surface area contributed by atoms with E-state index in [1.165, 1.54) is 143 Å². The molecule has 0 atom stereocenters. The Labute approximate surface area is 494 Å². The van der Waals surface area contributed by atoms with Gasteiger partial charge in [0.1, 0.15) is 0 Å². The molecule has 2 heteroatoms. The summed E-state index contributed by atoms with van der Waals surface area (Å²) in [6.45, 7) is 18.2. The first-order chi connectivity index (χ1) is 40.8. The topological polar surface area (TPSA) is 6.48 Å². The van der Waals surface area contributed by atoms with Crippen molar-refractivity contribution in [3.05, 3.63) is 297 Å². The lowest BCUT2D eigenvalue weighted by Crippen LogP contribution is -2.16. The number of anilines is 6. The quantitative estimate of drug-likeness (QED) is 0.0765. The molecule has 2 aliphatic rings. The van der Waals surface area contributed by atoms with Crippen LogP contribution in [0.15, 0.2) is 231 Å².